The number of oxime groups is 1. The molecule has 2 rings (SSSR count). The van der Waals surface area contributed by atoms with Gasteiger partial charge in [-0.05, 0) is 64.3 Å². The molecule has 34 heavy (non-hydrogen) atoms. The predicted octanol–water partition coefficient (Wildman–Crippen LogP) is 3.56. The fraction of sp³-hybridized carbons (Fsp3) is 0.522. The molecule has 0 saturated carbocycles. The van der Waals surface area contributed by atoms with E-state index >= 15 is 0 Å². The van der Waals surface area contributed by atoms with Gasteiger partial charge in [0.15, 0.2) is 0 Å². The van der Waals surface area contributed by atoms with Crippen molar-refractivity contribution in [1.29, 1.82) is 16.2 Å². The number of amidine groups is 1. The monoisotopic (exact) mass is 473 g/mol. The summed E-state index contributed by atoms with van der Waals surface area (Å²) >= 11 is 0. The molecule has 0 radical (unpaired) electrons. The third-order valence-corrected chi connectivity index (χ3v) is 5.53. The average molecular weight is 474 g/mol. The van der Waals surface area contributed by atoms with Gasteiger partial charge in [0.25, 0.3) is 6.02 Å². The number of carbonyl (C=O) groups is 1. The van der Waals surface area contributed by atoms with Crippen LogP contribution in [0.3, 0.4) is 0 Å². The van der Waals surface area contributed by atoms with E-state index in [-0.39, 0.29) is 24.0 Å². The second-order valence-electron chi connectivity index (χ2n) is 8.75. The van der Waals surface area contributed by atoms with Gasteiger partial charge in [0, 0.05) is 37.9 Å². The van der Waals surface area contributed by atoms with Gasteiger partial charge in [0.2, 0.25) is 5.90 Å². The lowest BCUT2D eigenvalue weighted by Crippen LogP contribution is -2.54. The smallest absolute Gasteiger partial charge is 0.410 e. The van der Waals surface area contributed by atoms with E-state index in [2.05, 4.69) is 21.4 Å². The molecule has 0 aromatic heterocycles. The van der Waals surface area contributed by atoms with Crippen LogP contribution < -0.4 is 5.32 Å². The average Bonchev–Trinajstić information content (AvgIpc) is 2.75. The van der Waals surface area contributed by atoms with E-state index in [4.69, 9.17) is 30.9 Å². The molecule has 0 aliphatic carbocycles. The molecule has 1 saturated heterocycles. The molecular weight excluding hydrogens is 438 g/mol. The molecule has 1 aromatic rings. The third-order valence-electron chi connectivity index (χ3n) is 5.53. The van der Waals surface area contributed by atoms with Crippen LogP contribution in [0.2, 0.25) is 0 Å². The van der Waals surface area contributed by atoms with Crippen molar-refractivity contribution in [3.05, 3.63) is 28.8 Å². The zero-order valence-corrected chi connectivity index (χ0v) is 20.7. The van der Waals surface area contributed by atoms with Gasteiger partial charge >= 0.3 is 6.09 Å². The van der Waals surface area contributed by atoms with E-state index < -0.39 is 17.6 Å². The minimum atomic E-state index is -0.596. The Hall–Kier alpha value is -3.47. The summed E-state index contributed by atoms with van der Waals surface area (Å²) in [5.41, 5.74) is 3.17. The summed E-state index contributed by atoms with van der Waals surface area (Å²) < 4.78 is 10.4. The molecule has 1 aliphatic heterocycles. The van der Waals surface area contributed by atoms with Gasteiger partial charge in [-0.25, -0.2) is 4.79 Å². The fourth-order valence-corrected chi connectivity index (χ4v) is 3.70. The van der Waals surface area contributed by atoms with E-state index in [1.807, 2.05) is 40.7 Å². The largest absolute Gasteiger partial charge is 0.447 e. The van der Waals surface area contributed by atoms with Crippen LogP contribution in [0.4, 0.5) is 10.5 Å². The second-order valence-corrected chi connectivity index (χ2v) is 8.75. The van der Waals surface area contributed by atoms with E-state index in [0.29, 0.717) is 25.3 Å². The quantitative estimate of drug-likeness (QED) is 0.184. The Labute approximate surface area is 200 Å². The summed E-state index contributed by atoms with van der Waals surface area (Å²) in [7, 11) is 0. The molecule has 0 bridgehead atoms. The summed E-state index contributed by atoms with van der Waals surface area (Å²) in [5.74, 6) is -0.596. The summed E-state index contributed by atoms with van der Waals surface area (Å²) in [6.07, 6.45) is -0.430. The molecule has 5 N–H and O–H groups in total. The van der Waals surface area contributed by atoms with Crippen LogP contribution in [0.15, 0.2) is 17.3 Å². The minimum absolute atomic E-state index is 0.0246. The summed E-state index contributed by atoms with van der Waals surface area (Å²) in [5, 5.41) is 38.0. The maximum Gasteiger partial charge on any atom is 0.410 e. The van der Waals surface area contributed by atoms with Crippen molar-refractivity contribution in [3.63, 3.8) is 0 Å². The highest BCUT2D eigenvalue weighted by atomic mass is 16.6. The number of nitrogens with zero attached hydrogens (tertiary/aromatic N) is 3. The lowest BCUT2D eigenvalue weighted by Gasteiger charge is -2.39. The Morgan fingerprint density at radius 2 is 1.94 bits per heavy atom. The van der Waals surface area contributed by atoms with Gasteiger partial charge in [0.05, 0.1) is 6.10 Å². The van der Waals surface area contributed by atoms with Crippen molar-refractivity contribution >= 4 is 35.1 Å². The second kappa shape index (κ2) is 11.6. The number of aryl methyl sites for hydroxylation is 1. The standard InChI is InChI=1S/C23H35N7O4/c1-13(2)33-23(31)30-8-7-29(11-15(30)4)12-18-9-14(3)10-19(16(18)5)27-22(26)34-21(25)20(24)17(6)28-32/h9-10,13,15,24-25,32H,7-8,11-12H2,1-6H3,(H2,26,27)/b24-20?,25-21?,28-17-/t15-/m0/s1. The molecule has 11 nitrogen and oxygen atoms in total. The molecule has 0 unspecified atom stereocenters. The van der Waals surface area contributed by atoms with E-state index in [1.54, 1.807) is 4.90 Å². The molecular formula is C23H35N7O4. The molecule has 1 amide bonds. The zero-order chi connectivity index (χ0) is 25.6. The summed E-state index contributed by atoms with van der Waals surface area (Å²) in [6.45, 7) is 13.7. The Morgan fingerprint density at radius 3 is 2.53 bits per heavy atom. The third kappa shape index (κ3) is 7.01. The van der Waals surface area contributed by atoms with E-state index in [0.717, 1.165) is 23.2 Å². The van der Waals surface area contributed by atoms with Gasteiger partial charge < -0.3 is 24.9 Å². The van der Waals surface area contributed by atoms with Crippen LogP contribution in [-0.4, -0.2) is 76.2 Å². The van der Waals surface area contributed by atoms with Crippen LogP contribution in [0.1, 0.15) is 44.4 Å². The predicted molar refractivity (Wildman–Crippen MR) is 132 cm³/mol. The van der Waals surface area contributed by atoms with Gasteiger partial charge in [-0.3, -0.25) is 21.1 Å². The lowest BCUT2D eigenvalue weighted by atomic mass is 10.0. The van der Waals surface area contributed by atoms with Crippen LogP contribution in [0, 0.1) is 30.1 Å². The number of rotatable bonds is 6. The van der Waals surface area contributed by atoms with Gasteiger partial charge in [-0.1, -0.05) is 11.2 Å². The Morgan fingerprint density at radius 1 is 1.26 bits per heavy atom. The normalized spacial score (nSPS) is 16.9. The van der Waals surface area contributed by atoms with Crippen molar-refractivity contribution in [1.82, 2.24) is 9.80 Å². The Balaban J connectivity index is 2.06. The first-order valence-corrected chi connectivity index (χ1v) is 11.1. The maximum atomic E-state index is 12.3. The van der Waals surface area contributed by atoms with Gasteiger partial charge in [-0.15, -0.1) is 0 Å². The number of hydrogen-bond donors (Lipinski definition) is 5. The topological polar surface area (TPSA) is 158 Å². The van der Waals surface area contributed by atoms with E-state index in [1.165, 1.54) is 6.92 Å². The molecule has 186 valence electrons. The molecule has 1 heterocycles. The van der Waals surface area contributed by atoms with Crippen molar-refractivity contribution in [2.75, 3.05) is 25.0 Å². The summed E-state index contributed by atoms with van der Waals surface area (Å²) in [4.78, 5) is 16.3. The van der Waals surface area contributed by atoms with Crippen LogP contribution >= 0.6 is 0 Å². The number of hydrogen-bond acceptors (Lipinski definition) is 9. The highest BCUT2D eigenvalue weighted by molar-refractivity contribution is 6.65. The Bertz CT molecular complexity index is 990. The first-order valence-electron chi connectivity index (χ1n) is 11.1. The number of amides is 1. The number of piperazine rings is 1. The fourth-order valence-electron chi connectivity index (χ4n) is 3.70. The highest BCUT2D eigenvalue weighted by Gasteiger charge is 2.29. The molecule has 1 atom stereocenters. The van der Waals surface area contributed by atoms with Gasteiger partial charge in [0.1, 0.15) is 11.4 Å². The maximum absolute atomic E-state index is 12.3. The number of anilines is 1. The molecule has 1 aromatic carbocycles. The van der Waals surface area contributed by atoms with Crippen molar-refractivity contribution in [2.24, 2.45) is 5.16 Å². The molecule has 1 aliphatic rings. The zero-order valence-electron chi connectivity index (χ0n) is 20.7. The minimum Gasteiger partial charge on any atom is -0.447 e. The number of benzene rings is 1. The number of carbonyl (C=O) groups excluding carboxylic acids is 1. The van der Waals surface area contributed by atoms with Crippen molar-refractivity contribution in [3.8, 4) is 0 Å². The summed E-state index contributed by atoms with van der Waals surface area (Å²) in [6, 6.07) is 3.59. The first kappa shape index (κ1) is 26.8. The SMILES string of the molecule is C/C(=N/O)C(=N)C(=N)OC(=N)Nc1cc(C)cc(CN2CCN(C(=O)OC(C)C)[C@@H](C)C2)c1C. The van der Waals surface area contributed by atoms with Crippen LogP contribution in [0.5, 0.6) is 0 Å². The number of nitrogens with one attached hydrogen (secondary N) is 4. The number of ether oxygens (including phenoxy) is 2. The Kier molecular flexibility index (Phi) is 9.13. The van der Waals surface area contributed by atoms with Crippen LogP contribution in [-0.2, 0) is 16.0 Å². The molecule has 11 heteroatoms. The van der Waals surface area contributed by atoms with E-state index in [9.17, 15) is 4.79 Å². The highest BCUT2D eigenvalue weighted by Crippen LogP contribution is 2.24. The molecule has 1 fully saturated rings. The first-order chi connectivity index (χ1) is 15.9. The molecule has 0 spiro atoms. The van der Waals surface area contributed by atoms with Crippen molar-refractivity contribution in [2.45, 2.75) is 60.2 Å². The lowest BCUT2D eigenvalue weighted by molar-refractivity contribution is 0.0349. The van der Waals surface area contributed by atoms with Crippen molar-refractivity contribution < 1.29 is 19.5 Å². The van der Waals surface area contributed by atoms with Crippen LogP contribution in [0.25, 0.3) is 0 Å². The van der Waals surface area contributed by atoms with Gasteiger partial charge in [-0.2, -0.15) is 0 Å².